The molecule has 0 atom stereocenters. The van der Waals surface area contributed by atoms with Crippen molar-refractivity contribution in [1.82, 2.24) is 0 Å². The van der Waals surface area contributed by atoms with Crippen molar-refractivity contribution in [3.05, 3.63) is 11.6 Å². The van der Waals surface area contributed by atoms with Gasteiger partial charge >= 0.3 is 5.97 Å². The lowest BCUT2D eigenvalue weighted by atomic mass is 10.0. The van der Waals surface area contributed by atoms with Gasteiger partial charge in [-0.2, -0.15) is 0 Å². The van der Waals surface area contributed by atoms with Crippen molar-refractivity contribution in [1.29, 1.82) is 0 Å². The Bertz CT molecular complexity index is 310. The lowest BCUT2D eigenvalue weighted by Gasteiger charge is -2.07. The number of unbranched alkanes of at least 4 members (excludes halogenated alkanes) is 10. The highest BCUT2D eigenvalue weighted by Gasteiger charge is 2.00. The largest absolute Gasteiger partial charge is 0.469 e. The van der Waals surface area contributed by atoms with Gasteiger partial charge in [-0.05, 0) is 37.7 Å². The second-order valence-corrected chi connectivity index (χ2v) is 6.70. The van der Waals surface area contributed by atoms with Crippen LogP contribution in [0.5, 0.6) is 0 Å². The highest BCUT2D eigenvalue weighted by atomic mass is 16.5. The van der Waals surface area contributed by atoms with Gasteiger partial charge in [0.25, 0.3) is 0 Å². The molecule has 0 saturated heterocycles. The van der Waals surface area contributed by atoms with Crippen molar-refractivity contribution in [3.63, 3.8) is 0 Å². The van der Waals surface area contributed by atoms with Crippen molar-refractivity contribution in [3.8, 4) is 0 Å². The van der Waals surface area contributed by atoms with E-state index in [4.69, 9.17) is 4.74 Å². The van der Waals surface area contributed by atoms with Gasteiger partial charge in [0.05, 0.1) is 13.7 Å². The molecule has 0 aromatic rings. The molecule has 0 unspecified atom stereocenters. The first-order valence-corrected chi connectivity index (χ1v) is 9.98. The molecule has 142 valence electrons. The van der Waals surface area contributed by atoms with Crippen molar-refractivity contribution >= 4 is 5.97 Å². The molecule has 0 N–H and O–H groups in total. The summed E-state index contributed by atoms with van der Waals surface area (Å²) in [6.07, 6.45) is 19.2. The van der Waals surface area contributed by atoms with Gasteiger partial charge in [0, 0.05) is 13.5 Å². The van der Waals surface area contributed by atoms with Crippen molar-refractivity contribution < 1.29 is 14.3 Å². The first-order chi connectivity index (χ1) is 11.7. The monoisotopic (exact) mass is 340 g/mol. The number of methoxy groups -OCH3 is 2. The topological polar surface area (TPSA) is 35.5 Å². The average Bonchev–Trinajstić information content (AvgIpc) is 2.59. The van der Waals surface area contributed by atoms with E-state index in [1.165, 1.54) is 76.9 Å². The molecule has 3 heteroatoms. The first kappa shape index (κ1) is 23.2. The molecule has 0 aliphatic carbocycles. The Labute approximate surface area is 150 Å². The van der Waals surface area contributed by atoms with Crippen LogP contribution in [0, 0.1) is 0 Å². The van der Waals surface area contributed by atoms with Gasteiger partial charge in [-0.15, -0.1) is 0 Å². The van der Waals surface area contributed by atoms with Gasteiger partial charge in [0.1, 0.15) is 0 Å². The maximum Gasteiger partial charge on any atom is 0.305 e. The number of hydrogen-bond donors (Lipinski definition) is 0. The van der Waals surface area contributed by atoms with Crippen LogP contribution in [0.2, 0.25) is 0 Å². The van der Waals surface area contributed by atoms with Gasteiger partial charge in [-0.25, -0.2) is 0 Å². The van der Waals surface area contributed by atoms with Gasteiger partial charge in [0.2, 0.25) is 0 Å². The zero-order valence-electron chi connectivity index (χ0n) is 16.4. The summed E-state index contributed by atoms with van der Waals surface area (Å²) in [4.78, 5) is 11.0. The number of allylic oxidation sites excluding steroid dienone is 1. The zero-order chi connectivity index (χ0) is 17.9. The fraction of sp³-hybridized carbons (Fsp3) is 0.857. The third kappa shape index (κ3) is 16.0. The van der Waals surface area contributed by atoms with E-state index < -0.39 is 0 Å². The molecule has 0 aromatic carbocycles. The fourth-order valence-electron chi connectivity index (χ4n) is 2.90. The molecule has 0 bridgehead atoms. The highest BCUT2D eigenvalue weighted by Crippen LogP contribution is 2.14. The Hall–Kier alpha value is -0.830. The summed E-state index contributed by atoms with van der Waals surface area (Å²) < 4.78 is 9.98. The SMILES string of the molecule is CCCCCCCCC(=CCCCCCCCC(=O)OC)COC. The van der Waals surface area contributed by atoms with Crippen LogP contribution >= 0.6 is 0 Å². The van der Waals surface area contributed by atoms with E-state index in [9.17, 15) is 4.79 Å². The van der Waals surface area contributed by atoms with Crippen LogP contribution in [-0.4, -0.2) is 26.8 Å². The van der Waals surface area contributed by atoms with Gasteiger partial charge in [-0.3, -0.25) is 4.79 Å². The van der Waals surface area contributed by atoms with Crippen molar-refractivity contribution in [2.45, 2.75) is 96.8 Å². The van der Waals surface area contributed by atoms with Crippen LogP contribution in [0.25, 0.3) is 0 Å². The van der Waals surface area contributed by atoms with E-state index in [1.807, 2.05) is 0 Å². The quantitative estimate of drug-likeness (QED) is 0.179. The van der Waals surface area contributed by atoms with Crippen LogP contribution in [0.1, 0.15) is 96.8 Å². The molecule has 0 spiro atoms. The standard InChI is InChI=1S/C21H40O3/c1-4-5-6-7-10-13-16-20(19-23-2)17-14-11-8-9-12-15-18-21(22)24-3/h17H,4-16,18-19H2,1-3H3. The molecule has 3 nitrogen and oxygen atoms in total. The van der Waals surface area contributed by atoms with Gasteiger partial charge in [0.15, 0.2) is 0 Å². The van der Waals surface area contributed by atoms with Crippen molar-refractivity contribution in [2.75, 3.05) is 20.8 Å². The highest BCUT2D eigenvalue weighted by molar-refractivity contribution is 5.68. The molecule has 0 rings (SSSR count). The molecule has 0 amide bonds. The number of carbonyl (C=O) groups excluding carboxylic acids is 1. The third-order valence-electron chi connectivity index (χ3n) is 4.43. The maximum absolute atomic E-state index is 11.0. The summed E-state index contributed by atoms with van der Waals surface area (Å²) in [5.74, 6) is -0.0863. The summed E-state index contributed by atoms with van der Waals surface area (Å²) in [5.41, 5.74) is 1.47. The lowest BCUT2D eigenvalue weighted by Crippen LogP contribution is -1.99. The average molecular weight is 341 g/mol. The smallest absolute Gasteiger partial charge is 0.305 e. The Morgan fingerprint density at radius 1 is 0.792 bits per heavy atom. The van der Waals surface area contributed by atoms with E-state index in [0.717, 1.165) is 25.9 Å². The summed E-state index contributed by atoms with van der Waals surface area (Å²) in [6, 6.07) is 0. The predicted octanol–water partition coefficient (Wildman–Crippen LogP) is 6.21. The Morgan fingerprint density at radius 3 is 2.00 bits per heavy atom. The first-order valence-electron chi connectivity index (χ1n) is 9.98. The molecule has 0 aromatic heterocycles. The van der Waals surface area contributed by atoms with Gasteiger partial charge in [-0.1, -0.05) is 64.4 Å². The second-order valence-electron chi connectivity index (χ2n) is 6.70. The molecule has 0 saturated carbocycles. The van der Waals surface area contributed by atoms with E-state index in [-0.39, 0.29) is 5.97 Å². The maximum atomic E-state index is 11.0. The lowest BCUT2D eigenvalue weighted by molar-refractivity contribution is -0.140. The van der Waals surface area contributed by atoms with E-state index in [2.05, 4.69) is 17.7 Å². The number of carbonyl (C=O) groups is 1. The molecule has 0 aliphatic heterocycles. The third-order valence-corrected chi connectivity index (χ3v) is 4.43. The Balaban J connectivity index is 3.63. The summed E-state index contributed by atoms with van der Waals surface area (Å²) in [7, 11) is 3.24. The summed E-state index contributed by atoms with van der Waals surface area (Å²) in [5, 5.41) is 0. The van der Waals surface area contributed by atoms with Gasteiger partial charge < -0.3 is 9.47 Å². The summed E-state index contributed by atoms with van der Waals surface area (Å²) >= 11 is 0. The molecule has 24 heavy (non-hydrogen) atoms. The van der Waals surface area contributed by atoms with Crippen LogP contribution in [0.15, 0.2) is 11.6 Å². The predicted molar refractivity (Wildman–Crippen MR) is 102 cm³/mol. The fourth-order valence-corrected chi connectivity index (χ4v) is 2.90. The minimum absolute atomic E-state index is 0.0863. The molecule has 0 aliphatic rings. The normalized spacial score (nSPS) is 11.7. The van der Waals surface area contributed by atoms with E-state index >= 15 is 0 Å². The van der Waals surface area contributed by atoms with Crippen LogP contribution in [0.4, 0.5) is 0 Å². The summed E-state index contributed by atoms with van der Waals surface area (Å²) in [6.45, 7) is 3.05. The minimum Gasteiger partial charge on any atom is -0.469 e. The Kier molecular flexibility index (Phi) is 17.9. The van der Waals surface area contributed by atoms with Crippen LogP contribution in [-0.2, 0) is 14.3 Å². The number of ether oxygens (including phenoxy) is 2. The number of esters is 1. The second kappa shape index (κ2) is 18.5. The minimum atomic E-state index is -0.0863. The molecule has 0 fully saturated rings. The molecule has 0 heterocycles. The molecular formula is C21H40O3. The molecule has 0 radical (unpaired) electrons. The number of rotatable bonds is 17. The van der Waals surface area contributed by atoms with Crippen LogP contribution < -0.4 is 0 Å². The number of hydrogen-bond acceptors (Lipinski definition) is 3. The van der Waals surface area contributed by atoms with Crippen LogP contribution in [0.3, 0.4) is 0 Å². The van der Waals surface area contributed by atoms with E-state index in [1.54, 1.807) is 7.11 Å². The zero-order valence-corrected chi connectivity index (χ0v) is 16.4. The Morgan fingerprint density at radius 2 is 1.38 bits per heavy atom. The molecular weight excluding hydrogens is 300 g/mol. The van der Waals surface area contributed by atoms with E-state index in [0.29, 0.717) is 6.42 Å². The van der Waals surface area contributed by atoms with Crippen molar-refractivity contribution in [2.24, 2.45) is 0 Å².